The van der Waals surface area contributed by atoms with E-state index < -0.39 is 0 Å². The average molecular weight is 412 g/mol. The number of allylic oxidation sites excluding steroid dienone is 2. The van der Waals surface area contributed by atoms with Gasteiger partial charge in [0.05, 0.1) is 0 Å². The number of aryl methyl sites for hydroxylation is 1. The number of unbranched alkanes of at least 4 members (excludes halogenated alkanes) is 2. The smallest absolute Gasteiger partial charge is 0.328 e. The van der Waals surface area contributed by atoms with Crippen LogP contribution in [0.5, 0.6) is 11.5 Å². The van der Waals surface area contributed by atoms with Crippen LogP contribution in [-0.4, -0.2) is 24.2 Å². The summed E-state index contributed by atoms with van der Waals surface area (Å²) in [5.74, 6) is 2.10. The van der Waals surface area contributed by atoms with Gasteiger partial charge in [0.2, 0.25) is 0 Å². The topological polar surface area (TPSA) is 47.6 Å². The van der Waals surface area contributed by atoms with Gasteiger partial charge in [0.1, 0.15) is 23.1 Å². The lowest BCUT2D eigenvalue weighted by Crippen LogP contribution is -2.45. The molecule has 0 spiro atoms. The fourth-order valence-corrected chi connectivity index (χ4v) is 5.43. The largest absolute Gasteiger partial charge is 0.487 e. The Balaban J connectivity index is 1.74. The number of rotatable bonds is 6. The summed E-state index contributed by atoms with van der Waals surface area (Å²) in [5, 5.41) is 3.27. The summed E-state index contributed by atoms with van der Waals surface area (Å²) in [6, 6.07) is 4.12. The van der Waals surface area contributed by atoms with E-state index in [-0.39, 0.29) is 23.5 Å². The molecule has 3 unspecified atom stereocenters. The number of esters is 1. The maximum atomic E-state index is 12.9. The van der Waals surface area contributed by atoms with Gasteiger partial charge in [-0.2, -0.15) is 0 Å². The highest BCUT2D eigenvalue weighted by molar-refractivity contribution is 5.79. The molecule has 30 heavy (non-hydrogen) atoms. The molecule has 1 N–H and O–H groups in total. The fourth-order valence-electron chi connectivity index (χ4n) is 5.43. The van der Waals surface area contributed by atoms with Crippen LogP contribution < -0.4 is 14.8 Å². The van der Waals surface area contributed by atoms with Gasteiger partial charge in [-0.25, -0.2) is 4.79 Å². The molecule has 0 bridgehead atoms. The summed E-state index contributed by atoms with van der Waals surface area (Å²) in [5.41, 5.74) is 3.46. The molecule has 164 valence electrons. The second kappa shape index (κ2) is 8.74. The van der Waals surface area contributed by atoms with Crippen LogP contribution in [0.15, 0.2) is 23.8 Å². The Morgan fingerprint density at radius 2 is 2.10 bits per heavy atom. The first-order chi connectivity index (χ1) is 14.4. The minimum absolute atomic E-state index is 0.154. The molecule has 4 rings (SSSR count). The van der Waals surface area contributed by atoms with Crippen molar-refractivity contribution in [3.8, 4) is 11.5 Å². The Hall–Kier alpha value is -1.81. The Bertz CT molecular complexity index is 820. The molecule has 1 saturated heterocycles. The fraction of sp³-hybridized carbons (Fsp3) is 0.654. The van der Waals surface area contributed by atoms with Crippen LogP contribution in [0.25, 0.3) is 0 Å². The number of benzene rings is 1. The summed E-state index contributed by atoms with van der Waals surface area (Å²) < 4.78 is 12.7. The van der Waals surface area contributed by atoms with Crippen LogP contribution >= 0.6 is 0 Å². The Morgan fingerprint density at radius 1 is 1.27 bits per heavy atom. The summed E-state index contributed by atoms with van der Waals surface area (Å²) in [7, 11) is 0. The van der Waals surface area contributed by atoms with Crippen molar-refractivity contribution in [1.82, 2.24) is 5.32 Å². The Kier molecular flexibility index (Phi) is 6.24. The summed E-state index contributed by atoms with van der Waals surface area (Å²) in [6.07, 6.45) is 11.0. The first-order valence-electron chi connectivity index (χ1n) is 11.9. The third-order valence-electron chi connectivity index (χ3n) is 7.13. The summed E-state index contributed by atoms with van der Waals surface area (Å²) in [6.45, 7) is 9.74. The minimum Gasteiger partial charge on any atom is -0.487 e. The van der Waals surface area contributed by atoms with Crippen LogP contribution in [0.3, 0.4) is 0 Å². The van der Waals surface area contributed by atoms with Gasteiger partial charge >= 0.3 is 5.97 Å². The monoisotopic (exact) mass is 411 g/mol. The number of hydrogen-bond donors (Lipinski definition) is 1. The molecule has 0 radical (unpaired) electrons. The molecule has 1 fully saturated rings. The summed E-state index contributed by atoms with van der Waals surface area (Å²) in [4.78, 5) is 12.9. The number of hydrogen-bond acceptors (Lipinski definition) is 4. The van der Waals surface area contributed by atoms with Crippen molar-refractivity contribution in [3.05, 3.63) is 34.9 Å². The van der Waals surface area contributed by atoms with E-state index in [1.807, 2.05) is 0 Å². The molecule has 1 aliphatic carbocycles. The number of nitrogens with one attached hydrogen (secondary N) is 1. The van der Waals surface area contributed by atoms with E-state index in [1.54, 1.807) is 0 Å². The average Bonchev–Trinajstić information content (AvgIpc) is 3.22. The molecule has 3 aliphatic rings. The maximum Gasteiger partial charge on any atom is 0.328 e. The highest BCUT2D eigenvalue weighted by atomic mass is 16.5. The molecule has 0 amide bonds. The molecule has 3 atom stereocenters. The molecule has 4 heteroatoms. The lowest BCUT2D eigenvalue weighted by molar-refractivity contribution is -0.136. The predicted octanol–water partition coefficient (Wildman–Crippen LogP) is 5.69. The predicted molar refractivity (Wildman–Crippen MR) is 120 cm³/mol. The minimum atomic E-state index is -0.231. The van der Waals surface area contributed by atoms with Gasteiger partial charge in [0.15, 0.2) is 0 Å². The van der Waals surface area contributed by atoms with Crippen molar-refractivity contribution >= 4 is 5.97 Å². The van der Waals surface area contributed by atoms with E-state index in [9.17, 15) is 4.79 Å². The van der Waals surface area contributed by atoms with Crippen molar-refractivity contribution in [3.63, 3.8) is 0 Å². The van der Waals surface area contributed by atoms with E-state index in [0.717, 1.165) is 56.4 Å². The standard InChI is InChI=1S/C26H37NO3/c1-5-6-7-9-18-15-22(29-25(28)21-10-8-13-27-21)24-19-14-17(2)11-12-20(19)26(3,4)30-23(24)16-18/h14-16,19-21,27H,5-13H2,1-4H3. The Morgan fingerprint density at radius 3 is 2.83 bits per heavy atom. The normalized spacial score (nSPS) is 26.9. The van der Waals surface area contributed by atoms with Gasteiger partial charge in [-0.3, -0.25) is 0 Å². The van der Waals surface area contributed by atoms with E-state index in [4.69, 9.17) is 9.47 Å². The SMILES string of the molecule is CCCCCc1cc(OC(=O)C2CCCN2)c2c(c1)OC(C)(C)C1CCC(C)=CC21. The van der Waals surface area contributed by atoms with Crippen molar-refractivity contribution in [2.45, 2.75) is 96.6 Å². The van der Waals surface area contributed by atoms with Crippen LogP contribution in [0.2, 0.25) is 0 Å². The molecule has 2 aliphatic heterocycles. The van der Waals surface area contributed by atoms with Gasteiger partial charge < -0.3 is 14.8 Å². The zero-order chi connectivity index (χ0) is 21.3. The van der Waals surface area contributed by atoms with Crippen molar-refractivity contribution < 1.29 is 14.3 Å². The molecular formula is C26H37NO3. The third kappa shape index (κ3) is 4.30. The van der Waals surface area contributed by atoms with Gasteiger partial charge in [-0.1, -0.05) is 31.4 Å². The third-order valence-corrected chi connectivity index (χ3v) is 7.13. The molecule has 4 nitrogen and oxygen atoms in total. The maximum absolute atomic E-state index is 12.9. The number of ether oxygens (including phenoxy) is 2. The first kappa shape index (κ1) is 21.4. The van der Waals surface area contributed by atoms with Gasteiger partial charge in [0.25, 0.3) is 0 Å². The van der Waals surface area contributed by atoms with Crippen LogP contribution in [-0.2, 0) is 11.2 Å². The highest BCUT2D eigenvalue weighted by Crippen LogP contribution is 2.53. The summed E-state index contributed by atoms with van der Waals surface area (Å²) >= 11 is 0. The van der Waals surface area contributed by atoms with Crippen molar-refractivity contribution in [2.75, 3.05) is 6.54 Å². The van der Waals surface area contributed by atoms with E-state index in [0.29, 0.717) is 11.7 Å². The van der Waals surface area contributed by atoms with Crippen molar-refractivity contribution in [2.24, 2.45) is 5.92 Å². The zero-order valence-corrected chi connectivity index (χ0v) is 19.1. The number of carbonyl (C=O) groups is 1. The van der Waals surface area contributed by atoms with Gasteiger partial charge in [-0.15, -0.1) is 0 Å². The number of fused-ring (bicyclic) bond motifs is 3. The van der Waals surface area contributed by atoms with Crippen molar-refractivity contribution in [1.29, 1.82) is 0 Å². The van der Waals surface area contributed by atoms with E-state index in [2.05, 4.69) is 51.2 Å². The lowest BCUT2D eigenvalue weighted by atomic mass is 9.68. The zero-order valence-electron chi connectivity index (χ0n) is 19.1. The van der Waals surface area contributed by atoms with Crippen LogP contribution in [0.4, 0.5) is 0 Å². The lowest BCUT2D eigenvalue weighted by Gasteiger charge is -2.46. The molecule has 0 saturated carbocycles. The Labute approximate surface area is 181 Å². The molecular weight excluding hydrogens is 374 g/mol. The first-order valence-corrected chi connectivity index (χ1v) is 11.9. The molecule has 1 aromatic carbocycles. The van der Waals surface area contributed by atoms with Crippen LogP contribution in [0, 0.1) is 5.92 Å². The highest BCUT2D eigenvalue weighted by Gasteiger charge is 2.45. The molecule has 0 aromatic heterocycles. The second-order valence-corrected chi connectivity index (χ2v) is 9.92. The van der Waals surface area contributed by atoms with E-state index in [1.165, 1.54) is 24.0 Å². The molecule has 1 aromatic rings. The van der Waals surface area contributed by atoms with Gasteiger partial charge in [-0.05, 0) is 83.5 Å². The molecule has 2 heterocycles. The number of carbonyl (C=O) groups excluding carboxylic acids is 1. The quantitative estimate of drug-likeness (QED) is 0.283. The van der Waals surface area contributed by atoms with E-state index >= 15 is 0 Å². The van der Waals surface area contributed by atoms with Gasteiger partial charge in [0, 0.05) is 17.4 Å². The second-order valence-electron chi connectivity index (χ2n) is 9.92. The van der Waals surface area contributed by atoms with Crippen LogP contribution in [0.1, 0.15) is 89.7 Å².